The third-order valence-electron chi connectivity index (χ3n) is 2.32. The smallest absolute Gasteiger partial charge is 0.159 e. The molecular formula is C11H13N3OS. The van der Waals surface area contributed by atoms with Crippen molar-refractivity contribution in [3.8, 4) is 0 Å². The van der Waals surface area contributed by atoms with Crippen molar-refractivity contribution in [1.29, 1.82) is 0 Å². The number of hydrogen-bond acceptors (Lipinski definition) is 4. The summed E-state index contributed by atoms with van der Waals surface area (Å²) >= 11 is 5.20. The molecular weight excluding hydrogens is 222 g/mol. The summed E-state index contributed by atoms with van der Waals surface area (Å²) in [6.07, 6.45) is 1.68. The van der Waals surface area contributed by atoms with Crippen molar-refractivity contribution in [1.82, 2.24) is 9.66 Å². The van der Waals surface area contributed by atoms with Gasteiger partial charge in [-0.3, -0.25) is 5.43 Å². The van der Waals surface area contributed by atoms with Crippen molar-refractivity contribution in [2.45, 2.75) is 19.6 Å². The summed E-state index contributed by atoms with van der Waals surface area (Å²) in [5, 5.41) is 10.6. The Balaban J connectivity index is 2.57. The van der Waals surface area contributed by atoms with Gasteiger partial charge < -0.3 is 5.11 Å². The van der Waals surface area contributed by atoms with Gasteiger partial charge in [-0.2, -0.15) is 0 Å². The van der Waals surface area contributed by atoms with Crippen LogP contribution in [-0.4, -0.2) is 21.0 Å². The summed E-state index contributed by atoms with van der Waals surface area (Å²) in [7, 11) is 0. The van der Waals surface area contributed by atoms with Gasteiger partial charge in [-0.1, -0.05) is 19.1 Å². The molecule has 4 nitrogen and oxygen atoms in total. The number of fused-ring (bicyclic) bond motifs is 1. The molecule has 0 amide bonds. The Labute approximate surface area is 98.5 Å². The van der Waals surface area contributed by atoms with Crippen molar-refractivity contribution < 1.29 is 5.11 Å². The van der Waals surface area contributed by atoms with Gasteiger partial charge in [0.15, 0.2) is 5.65 Å². The first-order chi connectivity index (χ1) is 7.72. The molecule has 0 aliphatic carbocycles. The Morgan fingerprint density at radius 2 is 2.31 bits per heavy atom. The standard InChI is InChI=1S/C11H13N3OS/c1-2-9(15)13-14-10(16)6-5-8-4-3-7-12-11(8)14/h3-7,9,13,15H,2H2,1H3. The fraction of sp³-hybridized carbons (Fsp3) is 0.273. The minimum atomic E-state index is -0.626. The van der Waals surface area contributed by atoms with Gasteiger partial charge in [-0.05, 0) is 30.7 Å². The topological polar surface area (TPSA) is 50.1 Å². The van der Waals surface area contributed by atoms with Crippen LogP contribution in [0.25, 0.3) is 11.0 Å². The van der Waals surface area contributed by atoms with E-state index in [1.54, 1.807) is 10.9 Å². The molecule has 0 bridgehead atoms. The summed E-state index contributed by atoms with van der Waals surface area (Å²) < 4.78 is 2.23. The van der Waals surface area contributed by atoms with Crippen molar-refractivity contribution in [2.24, 2.45) is 0 Å². The highest BCUT2D eigenvalue weighted by molar-refractivity contribution is 7.71. The highest BCUT2D eigenvalue weighted by atomic mass is 32.1. The van der Waals surface area contributed by atoms with Crippen LogP contribution in [-0.2, 0) is 0 Å². The molecule has 0 saturated carbocycles. The number of pyridine rings is 2. The van der Waals surface area contributed by atoms with E-state index in [9.17, 15) is 5.11 Å². The highest BCUT2D eigenvalue weighted by Crippen LogP contribution is 2.10. The number of rotatable bonds is 3. The van der Waals surface area contributed by atoms with E-state index < -0.39 is 6.23 Å². The molecule has 5 heteroatoms. The fourth-order valence-electron chi connectivity index (χ4n) is 1.43. The third-order valence-corrected chi connectivity index (χ3v) is 2.64. The molecule has 0 spiro atoms. The van der Waals surface area contributed by atoms with E-state index >= 15 is 0 Å². The molecule has 0 saturated heterocycles. The van der Waals surface area contributed by atoms with E-state index in [1.807, 2.05) is 31.2 Å². The quantitative estimate of drug-likeness (QED) is 0.631. The summed E-state index contributed by atoms with van der Waals surface area (Å²) in [6.45, 7) is 1.89. The number of aromatic nitrogens is 2. The highest BCUT2D eigenvalue weighted by Gasteiger charge is 2.04. The van der Waals surface area contributed by atoms with Gasteiger partial charge in [0.25, 0.3) is 0 Å². The van der Waals surface area contributed by atoms with Crippen molar-refractivity contribution in [3.63, 3.8) is 0 Å². The van der Waals surface area contributed by atoms with E-state index in [0.29, 0.717) is 11.1 Å². The molecule has 2 aromatic heterocycles. The van der Waals surface area contributed by atoms with Crippen LogP contribution >= 0.6 is 12.2 Å². The third kappa shape index (κ3) is 2.05. The first-order valence-corrected chi connectivity index (χ1v) is 5.54. The second kappa shape index (κ2) is 4.59. The van der Waals surface area contributed by atoms with Crippen molar-refractivity contribution >= 4 is 23.3 Å². The molecule has 0 aromatic carbocycles. The van der Waals surface area contributed by atoms with Gasteiger partial charge in [0.05, 0.1) is 0 Å². The van der Waals surface area contributed by atoms with Crippen molar-refractivity contribution in [3.05, 3.63) is 35.1 Å². The zero-order chi connectivity index (χ0) is 11.5. The van der Waals surface area contributed by atoms with Gasteiger partial charge in [0.1, 0.15) is 10.9 Å². The SMILES string of the molecule is CCC(O)Nn1c(=S)ccc2cccnc21. The van der Waals surface area contributed by atoms with Gasteiger partial charge in [-0.15, -0.1) is 0 Å². The average Bonchev–Trinajstić information content (AvgIpc) is 2.32. The lowest BCUT2D eigenvalue weighted by atomic mass is 10.3. The summed E-state index contributed by atoms with van der Waals surface area (Å²) in [4.78, 5) is 4.25. The van der Waals surface area contributed by atoms with Crippen LogP contribution in [0.15, 0.2) is 30.5 Å². The van der Waals surface area contributed by atoms with Gasteiger partial charge in [0.2, 0.25) is 0 Å². The van der Waals surface area contributed by atoms with E-state index in [1.165, 1.54) is 0 Å². The molecule has 84 valence electrons. The number of aliphatic hydroxyl groups excluding tert-OH is 1. The van der Waals surface area contributed by atoms with E-state index in [2.05, 4.69) is 10.4 Å². The zero-order valence-electron chi connectivity index (χ0n) is 8.92. The van der Waals surface area contributed by atoms with Crippen LogP contribution in [0.1, 0.15) is 13.3 Å². The molecule has 2 rings (SSSR count). The maximum atomic E-state index is 9.59. The molecule has 16 heavy (non-hydrogen) atoms. The second-order valence-corrected chi connectivity index (χ2v) is 3.89. The lowest BCUT2D eigenvalue weighted by Gasteiger charge is -2.16. The van der Waals surface area contributed by atoms with Crippen LogP contribution in [0, 0.1) is 4.64 Å². The lowest BCUT2D eigenvalue weighted by molar-refractivity contribution is 0.184. The molecule has 0 aliphatic rings. The maximum Gasteiger partial charge on any atom is 0.159 e. The van der Waals surface area contributed by atoms with Gasteiger partial charge in [-0.25, -0.2) is 9.66 Å². The molecule has 1 atom stereocenters. The molecule has 1 unspecified atom stereocenters. The first-order valence-electron chi connectivity index (χ1n) is 5.14. The molecule has 2 heterocycles. The summed E-state index contributed by atoms with van der Waals surface area (Å²) in [5.74, 6) is 0. The Bertz CT molecular complexity index is 552. The first kappa shape index (κ1) is 11.0. The van der Waals surface area contributed by atoms with E-state index in [0.717, 1.165) is 11.0 Å². The largest absolute Gasteiger partial charge is 0.372 e. The van der Waals surface area contributed by atoms with Crippen molar-refractivity contribution in [2.75, 3.05) is 5.43 Å². The number of nitrogens with one attached hydrogen (secondary N) is 1. The number of aliphatic hydroxyl groups is 1. The van der Waals surface area contributed by atoms with Crippen LogP contribution in [0.3, 0.4) is 0 Å². The summed E-state index contributed by atoms with van der Waals surface area (Å²) in [6, 6.07) is 7.55. The summed E-state index contributed by atoms with van der Waals surface area (Å²) in [5.41, 5.74) is 3.63. The Kier molecular flexibility index (Phi) is 3.17. The Morgan fingerprint density at radius 1 is 1.50 bits per heavy atom. The maximum absolute atomic E-state index is 9.59. The van der Waals surface area contributed by atoms with Gasteiger partial charge >= 0.3 is 0 Å². The molecule has 0 fully saturated rings. The van der Waals surface area contributed by atoms with Gasteiger partial charge in [0, 0.05) is 11.6 Å². The normalized spacial score (nSPS) is 12.6. The minimum absolute atomic E-state index is 0.596. The fourth-order valence-corrected chi connectivity index (χ4v) is 1.64. The number of hydrogen-bond donors (Lipinski definition) is 2. The van der Waals surface area contributed by atoms with Crippen LogP contribution in [0.2, 0.25) is 0 Å². The van der Waals surface area contributed by atoms with E-state index in [4.69, 9.17) is 12.2 Å². The zero-order valence-corrected chi connectivity index (χ0v) is 9.74. The lowest BCUT2D eigenvalue weighted by Crippen LogP contribution is -2.28. The van der Waals surface area contributed by atoms with Crippen LogP contribution in [0.4, 0.5) is 0 Å². The average molecular weight is 235 g/mol. The Hall–Kier alpha value is -1.46. The molecule has 2 aromatic rings. The van der Waals surface area contributed by atoms with Crippen LogP contribution < -0.4 is 5.43 Å². The predicted molar refractivity (Wildman–Crippen MR) is 66.2 cm³/mol. The van der Waals surface area contributed by atoms with E-state index in [-0.39, 0.29) is 0 Å². The Morgan fingerprint density at radius 3 is 3.06 bits per heavy atom. The number of nitrogens with zero attached hydrogens (tertiary/aromatic N) is 2. The molecule has 0 aliphatic heterocycles. The minimum Gasteiger partial charge on any atom is -0.372 e. The molecule has 0 radical (unpaired) electrons. The monoisotopic (exact) mass is 235 g/mol. The van der Waals surface area contributed by atoms with Crippen LogP contribution in [0.5, 0.6) is 0 Å². The predicted octanol–water partition coefficient (Wildman–Crippen LogP) is 2.04. The molecule has 2 N–H and O–H groups in total. The second-order valence-electron chi connectivity index (χ2n) is 3.48.